The number of benzene rings is 2. The quantitative estimate of drug-likeness (QED) is 0.509. The largest absolute Gasteiger partial charge is 0.268 e. The first kappa shape index (κ1) is 17.2. The van der Waals surface area contributed by atoms with Gasteiger partial charge in [0.2, 0.25) is 0 Å². The molecule has 0 bridgehead atoms. The van der Waals surface area contributed by atoms with Crippen LogP contribution in [0.15, 0.2) is 71.9 Å². The van der Waals surface area contributed by atoms with E-state index in [4.69, 9.17) is 0 Å². The molecule has 0 atom stereocenters. The van der Waals surface area contributed by atoms with Crippen molar-refractivity contribution in [2.24, 2.45) is 0 Å². The maximum atomic E-state index is 13.8. The molecule has 0 spiro atoms. The molecule has 0 aliphatic heterocycles. The van der Waals surface area contributed by atoms with E-state index in [1.807, 2.05) is 43.3 Å². The zero-order chi connectivity index (χ0) is 19.3. The first-order chi connectivity index (χ1) is 13.6. The molecule has 1 aliphatic rings. The van der Waals surface area contributed by atoms with E-state index in [0.29, 0.717) is 4.90 Å². The molecule has 0 amide bonds. The SMILES string of the molecule is Cc1ccc(S(=O)(=O)n2c(-c3cccnc3)c3c4c(cccc42)CCC3)cc1. The van der Waals surface area contributed by atoms with Crippen LogP contribution in [-0.2, 0) is 22.9 Å². The summed E-state index contributed by atoms with van der Waals surface area (Å²) in [4.78, 5) is 4.55. The minimum atomic E-state index is -3.75. The molecule has 2 aromatic carbocycles. The van der Waals surface area contributed by atoms with Gasteiger partial charge in [0.25, 0.3) is 10.0 Å². The summed E-state index contributed by atoms with van der Waals surface area (Å²) >= 11 is 0. The molecular formula is C23H20N2O2S. The molecule has 0 saturated heterocycles. The van der Waals surface area contributed by atoms with Crippen molar-refractivity contribution in [2.45, 2.75) is 31.1 Å². The Morgan fingerprint density at radius 2 is 1.79 bits per heavy atom. The van der Waals surface area contributed by atoms with Crippen LogP contribution < -0.4 is 0 Å². The Hall–Kier alpha value is -2.92. The molecule has 4 nitrogen and oxygen atoms in total. The van der Waals surface area contributed by atoms with Crippen molar-refractivity contribution in [3.8, 4) is 11.3 Å². The van der Waals surface area contributed by atoms with Gasteiger partial charge in [-0.1, -0.05) is 29.8 Å². The molecule has 0 saturated carbocycles. The second-order valence-electron chi connectivity index (χ2n) is 7.32. The van der Waals surface area contributed by atoms with E-state index in [0.717, 1.165) is 52.5 Å². The van der Waals surface area contributed by atoms with Crippen LogP contribution in [-0.4, -0.2) is 17.4 Å². The van der Waals surface area contributed by atoms with E-state index in [1.165, 1.54) is 9.54 Å². The zero-order valence-electron chi connectivity index (χ0n) is 15.6. The van der Waals surface area contributed by atoms with E-state index in [-0.39, 0.29) is 0 Å². The summed E-state index contributed by atoms with van der Waals surface area (Å²) in [6.45, 7) is 1.95. The average Bonchev–Trinajstić information content (AvgIpc) is 3.06. The third-order valence-corrected chi connectivity index (χ3v) is 7.23. The third kappa shape index (κ3) is 2.50. The molecule has 28 heavy (non-hydrogen) atoms. The fourth-order valence-corrected chi connectivity index (χ4v) is 5.79. The summed E-state index contributed by atoms with van der Waals surface area (Å²) in [5.74, 6) is 0. The molecule has 5 heteroatoms. The van der Waals surface area contributed by atoms with Gasteiger partial charge in [0.15, 0.2) is 0 Å². The van der Waals surface area contributed by atoms with Crippen molar-refractivity contribution in [1.82, 2.24) is 8.96 Å². The Morgan fingerprint density at radius 3 is 2.54 bits per heavy atom. The van der Waals surface area contributed by atoms with Crippen LogP contribution in [0.4, 0.5) is 0 Å². The van der Waals surface area contributed by atoms with E-state index >= 15 is 0 Å². The first-order valence-electron chi connectivity index (χ1n) is 9.45. The summed E-state index contributed by atoms with van der Waals surface area (Å²) in [5.41, 5.74) is 5.70. The van der Waals surface area contributed by atoms with E-state index < -0.39 is 10.0 Å². The predicted octanol–water partition coefficient (Wildman–Crippen LogP) is 4.74. The van der Waals surface area contributed by atoms with Gasteiger partial charge in [-0.05, 0) is 67.6 Å². The maximum absolute atomic E-state index is 13.8. The minimum Gasteiger partial charge on any atom is -0.264 e. The molecule has 1 aliphatic carbocycles. The molecule has 4 aromatic rings. The Morgan fingerprint density at radius 1 is 0.964 bits per heavy atom. The number of hydrogen-bond donors (Lipinski definition) is 0. The van der Waals surface area contributed by atoms with Crippen molar-refractivity contribution in [1.29, 1.82) is 0 Å². The minimum absolute atomic E-state index is 0.302. The molecule has 5 rings (SSSR count). The summed E-state index contributed by atoms with van der Waals surface area (Å²) in [5, 5.41) is 1.09. The molecule has 0 N–H and O–H groups in total. The van der Waals surface area contributed by atoms with Crippen molar-refractivity contribution in [3.63, 3.8) is 0 Å². The Balaban J connectivity index is 1.91. The maximum Gasteiger partial charge on any atom is 0.268 e. The molecule has 140 valence electrons. The van der Waals surface area contributed by atoms with Crippen molar-refractivity contribution in [3.05, 3.63) is 83.7 Å². The van der Waals surface area contributed by atoms with Gasteiger partial charge >= 0.3 is 0 Å². The van der Waals surface area contributed by atoms with Gasteiger partial charge in [-0.2, -0.15) is 0 Å². The van der Waals surface area contributed by atoms with E-state index in [1.54, 1.807) is 24.5 Å². The number of pyridine rings is 1. The van der Waals surface area contributed by atoms with Gasteiger partial charge in [0.1, 0.15) is 0 Å². The topological polar surface area (TPSA) is 52.0 Å². The fraction of sp³-hybridized carbons (Fsp3) is 0.174. The lowest BCUT2D eigenvalue weighted by molar-refractivity contribution is 0.589. The zero-order valence-corrected chi connectivity index (χ0v) is 16.4. The van der Waals surface area contributed by atoms with E-state index in [2.05, 4.69) is 11.1 Å². The highest BCUT2D eigenvalue weighted by Crippen LogP contribution is 2.41. The normalized spacial score (nSPS) is 13.8. The highest BCUT2D eigenvalue weighted by Gasteiger charge is 2.30. The highest BCUT2D eigenvalue weighted by molar-refractivity contribution is 7.90. The van der Waals surface area contributed by atoms with Crippen LogP contribution in [0.25, 0.3) is 22.2 Å². The second kappa shape index (κ2) is 6.31. The van der Waals surface area contributed by atoms with Crippen LogP contribution in [0, 0.1) is 6.92 Å². The number of nitrogens with zero attached hydrogens (tertiary/aromatic N) is 2. The Bertz CT molecular complexity index is 1290. The first-order valence-corrected chi connectivity index (χ1v) is 10.9. The van der Waals surface area contributed by atoms with Crippen LogP contribution in [0.2, 0.25) is 0 Å². The fourth-order valence-electron chi connectivity index (χ4n) is 4.23. The number of aryl methyl sites for hydroxylation is 3. The van der Waals surface area contributed by atoms with Crippen molar-refractivity contribution < 1.29 is 8.42 Å². The average molecular weight is 388 g/mol. The molecule has 0 unspecified atom stereocenters. The Labute approximate surface area is 164 Å². The number of hydrogen-bond acceptors (Lipinski definition) is 3. The summed E-state index contributed by atoms with van der Waals surface area (Å²) in [6.07, 6.45) is 6.33. The van der Waals surface area contributed by atoms with Crippen LogP contribution in [0.3, 0.4) is 0 Å². The summed E-state index contributed by atoms with van der Waals surface area (Å²) < 4.78 is 29.0. The van der Waals surface area contributed by atoms with E-state index in [9.17, 15) is 8.42 Å². The van der Waals surface area contributed by atoms with Crippen LogP contribution >= 0.6 is 0 Å². The lowest BCUT2D eigenvalue weighted by atomic mass is 9.90. The summed E-state index contributed by atoms with van der Waals surface area (Å²) in [7, 11) is -3.75. The molecular weight excluding hydrogens is 368 g/mol. The van der Waals surface area contributed by atoms with Crippen LogP contribution in [0.1, 0.15) is 23.1 Å². The van der Waals surface area contributed by atoms with Crippen LogP contribution in [0.5, 0.6) is 0 Å². The molecule has 0 radical (unpaired) electrons. The molecule has 0 fully saturated rings. The Kier molecular flexibility index (Phi) is 3.88. The monoisotopic (exact) mass is 388 g/mol. The smallest absolute Gasteiger partial charge is 0.264 e. The number of rotatable bonds is 3. The highest BCUT2D eigenvalue weighted by atomic mass is 32.2. The molecule has 2 heterocycles. The van der Waals surface area contributed by atoms with Gasteiger partial charge in [0, 0.05) is 23.3 Å². The molecule has 2 aromatic heterocycles. The van der Waals surface area contributed by atoms with Crippen molar-refractivity contribution in [2.75, 3.05) is 0 Å². The second-order valence-corrected chi connectivity index (χ2v) is 9.10. The lowest BCUT2D eigenvalue weighted by Crippen LogP contribution is -2.14. The van der Waals surface area contributed by atoms with Gasteiger partial charge in [-0.15, -0.1) is 0 Å². The number of aromatic nitrogens is 2. The van der Waals surface area contributed by atoms with Crippen molar-refractivity contribution >= 4 is 20.9 Å². The van der Waals surface area contributed by atoms with Gasteiger partial charge < -0.3 is 0 Å². The van der Waals surface area contributed by atoms with Gasteiger partial charge in [-0.3, -0.25) is 4.98 Å². The summed E-state index contributed by atoms with van der Waals surface area (Å²) in [6, 6.07) is 16.8. The standard InChI is InChI=1S/C23H20N2O2S/c1-16-10-12-19(13-11-16)28(26,27)25-21-9-3-6-17-5-2-8-20(22(17)21)23(25)18-7-4-14-24-15-18/h3-4,6-7,9-15H,2,5,8H2,1H3. The van der Waals surface area contributed by atoms with Gasteiger partial charge in [0.05, 0.1) is 16.1 Å². The lowest BCUT2D eigenvalue weighted by Gasteiger charge is -2.14. The predicted molar refractivity (Wildman–Crippen MR) is 111 cm³/mol. The third-order valence-electron chi connectivity index (χ3n) is 5.51. The van der Waals surface area contributed by atoms with Gasteiger partial charge in [-0.25, -0.2) is 12.4 Å².